The summed E-state index contributed by atoms with van der Waals surface area (Å²) < 4.78 is 0. The van der Waals surface area contributed by atoms with Crippen molar-refractivity contribution in [2.75, 3.05) is 0 Å². The molecule has 2 aromatic rings. The first-order valence-corrected chi connectivity index (χ1v) is 3.24. The highest BCUT2D eigenvalue weighted by Crippen LogP contribution is 2.12. The molecule has 0 spiro atoms. The second-order valence-corrected chi connectivity index (χ2v) is 2.21. The number of nitrogens with zero attached hydrogens (tertiary/aromatic N) is 2. The minimum atomic E-state index is 0.663. The van der Waals surface area contributed by atoms with Crippen molar-refractivity contribution in [2.45, 2.75) is 0 Å². The Morgan fingerprint density at radius 1 is 1.45 bits per heavy atom. The van der Waals surface area contributed by atoms with Crippen LogP contribution < -0.4 is 0 Å². The zero-order valence-corrected chi connectivity index (χ0v) is 5.70. The van der Waals surface area contributed by atoms with Gasteiger partial charge in [0.15, 0.2) is 0 Å². The molecule has 0 radical (unpaired) electrons. The van der Waals surface area contributed by atoms with Crippen LogP contribution in [0.25, 0.3) is 11.0 Å². The van der Waals surface area contributed by atoms with Gasteiger partial charge < -0.3 is 4.98 Å². The predicted molar refractivity (Wildman–Crippen MR) is 40.8 cm³/mol. The Balaban J connectivity index is 2.92. The number of fused-ring (bicyclic) bond motifs is 1. The van der Waals surface area contributed by atoms with Gasteiger partial charge in [-0.1, -0.05) is 0 Å². The molecule has 52 valence electrons. The zero-order valence-electron chi connectivity index (χ0n) is 5.70. The van der Waals surface area contributed by atoms with E-state index in [1.54, 1.807) is 18.5 Å². The fourth-order valence-corrected chi connectivity index (χ4v) is 1.06. The molecule has 0 unspecified atom stereocenters. The number of pyridine rings is 1. The first-order chi connectivity index (χ1) is 5.42. The molecular formula is C8H5N3. The van der Waals surface area contributed by atoms with Gasteiger partial charge in [0.1, 0.15) is 5.65 Å². The maximum atomic E-state index is 8.66. The summed E-state index contributed by atoms with van der Waals surface area (Å²) in [4.78, 5) is 6.98. The Morgan fingerprint density at radius 2 is 2.36 bits per heavy atom. The lowest BCUT2D eigenvalue weighted by Crippen LogP contribution is -1.78. The van der Waals surface area contributed by atoms with Gasteiger partial charge in [-0.2, -0.15) is 5.26 Å². The number of rotatable bonds is 0. The Hall–Kier alpha value is -1.82. The zero-order chi connectivity index (χ0) is 7.68. The summed E-state index contributed by atoms with van der Waals surface area (Å²) in [6.07, 6.45) is 3.40. The molecule has 0 aromatic carbocycles. The summed E-state index contributed by atoms with van der Waals surface area (Å²) in [6.45, 7) is 0. The average Bonchev–Trinajstić information content (AvgIpc) is 2.50. The van der Waals surface area contributed by atoms with Crippen molar-refractivity contribution in [3.63, 3.8) is 0 Å². The smallest absolute Gasteiger partial charge is 0.138 e. The van der Waals surface area contributed by atoms with E-state index in [9.17, 15) is 0 Å². The van der Waals surface area contributed by atoms with Crippen molar-refractivity contribution in [3.05, 3.63) is 30.1 Å². The third-order valence-electron chi connectivity index (χ3n) is 1.58. The van der Waals surface area contributed by atoms with E-state index >= 15 is 0 Å². The van der Waals surface area contributed by atoms with E-state index in [-0.39, 0.29) is 0 Å². The molecule has 0 atom stereocenters. The molecule has 0 aliphatic rings. The number of nitriles is 1. The van der Waals surface area contributed by atoms with Gasteiger partial charge in [0.2, 0.25) is 0 Å². The summed E-state index contributed by atoms with van der Waals surface area (Å²) in [5.74, 6) is 0. The molecule has 3 nitrogen and oxygen atoms in total. The number of aromatic nitrogens is 2. The highest BCUT2D eigenvalue weighted by Gasteiger charge is 1.99. The van der Waals surface area contributed by atoms with Gasteiger partial charge in [-0.15, -0.1) is 0 Å². The van der Waals surface area contributed by atoms with Crippen LogP contribution in [0.2, 0.25) is 0 Å². The molecule has 0 amide bonds. The standard InChI is InChI=1S/C8H5N3/c9-5-6-1-3-10-8-7(6)2-4-11-8/h1-4H,(H,10,11). The van der Waals surface area contributed by atoms with Gasteiger partial charge in [-0.25, -0.2) is 4.98 Å². The van der Waals surface area contributed by atoms with E-state index in [0.29, 0.717) is 5.56 Å². The van der Waals surface area contributed by atoms with Crippen molar-refractivity contribution in [3.8, 4) is 6.07 Å². The van der Waals surface area contributed by atoms with Crippen LogP contribution in [0.4, 0.5) is 0 Å². The maximum Gasteiger partial charge on any atom is 0.138 e. The van der Waals surface area contributed by atoms with Crippen LogP contribution in [0.5, 0.6) is 0 Å². The highest BCUT2D eigenvalue weighted by molar-refractivity contribution is 5.81. The maximum absolute atomic E-state index is 8.66. The van der Waals surface area contributed by atoms with Crippen LogP contribution in [-0.4, -0.2) is 9.97 Å². The minimum Gasteiger partial charge on any atom is -0.346 e. The lowest BCUT2D eigenvalue weighted by atomic mass is 10.2. The van der Waals surface area contributed by atoms with E-state index in [1.165, 1.54) is 0 Å². The molecule has 0 aliphatic heterocycles. The second-order valence-electron chi connectivity index (χ2n) is 2.21. The molecule has 1 N–H and O–H groups in total. The minimum absolute atomic E-state index is 0.663. The molecule has 3 heteroatoms. The van der Waals surface area contributed by atoms with Crippen molar-refractivity contribution < 1.29 is 0 Å². The van der Waals surface area contributed by atoms with Crippen molar-refractivity contribution in [1.29, 1.82) is 5.26 Å². The van der Waals surface area contributed by atoms with Gasteiger partial charge in [-0.05, 0) is 12.1 Å². The molecule has 0 saturated heterocycles. The van der Waals surface area contributed by atoms with Gasteiger partial charge in [0, 0.05) is 17.8 Å². The molecule has 2 heterocycles. The van der Waals surface area contributed by atoms with Crippen LogP contribution in [0.1, 0.15) is 5.56 Å². The van der Waals surface area contributed by atoms with E-state index in [2.05, 4.69) is 16.0 Å². The second kappa shape index (κ2) is 2.10. The predicted octanol–water partition coefficient (Wildman–Crippen LogP) is 1.43. The van der Waals surface area contributed by atoms with Gasteiger partial charge >= 0.3 is 0 Å². The number of H-pyrrole nitrogens is 1. The topological polar surface area (TPSA) is 52.5 Å². The van der Waals surface area contributed by atoms with E-state index < -0.39 is 0 Å². The summed E-state index contributed by atoms with van der Waals surface area (Å²) in [5, 5.41) is 9.55. The highest BCUT2D eigenvalue weighted by atomic mass is 14.8. The van der Waals surface area contributed by atoms with Gasteiger partial charge in [0.05, 0.1) is 11.6 Å². The van der Waals surface area contributed by atoms with Crippen LogP contribution in [-0.2, 0) is 0 Å². The molecule has 2 rings (SSSR count). The van der Waals surface area contributed by atoms with Crippen molar-refractivity contribution in [1.82, 2.24) is 9.97 Å². The largest absolute Gasteiger partial charge is 0.346 e. The number of hydrogen-bond acceptors (Lipinski definition) is 2. The van der Waals surface area contributed by atoms with E-state index in [0.717, 1.165) is 11.0 Å². The fraction of sp³-hybridized carbons (Fsp3) is 0. The Morgan fingerprint density at radius 3 is 3.18 bits per heavy atom. The van der Waals surface area contributed by atoms with Crippen molar-refractivity contribution in [2.24, 2.45) is 0 Å². The molecular weight excluding hydrogens is 138 g/mol. The fourth-order valence-electron chi connectivity index (χ4n) is 1.06. The van der Waals surface area contributed by atoms with Crippen molar-refractivity contribution >= 4 is 11.0 Å². The Bertz CT molecular complexity index is 422. The summed E-state index contributed by atoms with van der Waals surface area (Å²) in [5.41, 5.74) is 1.43. The lowest BCUT2D eigenvalue weighted by Gasteiger charge is -1.88. The van der Waals surface area contributed by atoms with E-state index in [4.69, 9.17) is 5.26 Å². The summed E-state index contributed by atoms with van der Waals surface area (Å²) >= 11 is 0. The molecule has 0 aliphatic carbocycles. The van der Waals surface area contributed by atoms with E-state index in [1.807, 2.05) is 6.07 Å². The summed E-state index contributed by atoms with van der Waals surface area (Å²) in [6, 6.07) is 5.65. The molecule has 0 saturated carbocycles. The quantitative estimate of drug-likeness (QED) is 0.606. The Kier molecular flexibility index (Phi) is 1.13. The first-order valence-electron chi connectivity index (χ1n) is 3.24. The van der Waals surface area contributed by atoms with Gasteiger partial charge in [-0.3, -0.25) is 0 Å². The monoisotopic (exact) mass is 143 g/mol. The summed E-state index contributed by atoms with van der Waals surface area (Å²) in [7, 11) is 0. The molecule has 2 aromatic heterocycles. The number of nitrogens with one attached hydrogen (secondary N) is 1. The number of aromatic amines is 1. The Labute approximate surface area is 63.3 Å². The molecule has 0 bridgehead atoms. The van der Waals surface area contributed by atoms with Crippen LogP contribution >= 0.6 is 0 Å². The lowest BCUT2D eigenvalue weighted by molar-refractivity contribution is 1.32. The first kappa shape index (κ1) is 5.93. The molecule has 11 heavy (non-hydrogen) atoms. The normalized spacial score (nSPS) is 9.73. The SMILES string of the molecule is N#Cc1ccnc2[nH]ccc12. The number of hydrogen-bond donors (Lipinski definition) is 1. The average molecular weight is 143 g/mol. The molecule has 0 fully saturated rings. The van der Waals surface area contributed by atoms with Crippen LogP contribution in [0.3, 0.4) is 0 Å². The third-order valence-corrected chi connectivity index (χ3v) is 1.58. The van der Waals surface area contributed by atoms with Crippen LogP contribution in [0.15, 0.2) is 24.5 Å². The third kappa shape index (κ3) is 0.767. The van der Waals surface area contributed by atoms with Gasteiger partial charge in [0.25, 0.3) is 0 Å². The van der Waals surface area contributed by atoms with Crippen LogP contribution in [0, 0.1) is 11.3 Å².